The number of hydrogen-bond acceptors (Lipinski definition) is 4. The second-order valence-electron chi connectivity index (χ2n) is 4.62. The molecule has 1 rings (SSSR count). The summed E-state index contributed by atoms with van der Waals surface area (Å²) < 4.78 is 16.0. The zero-order valence-corrected chi connectivity index (χ0v) is 13.2. The Labute approximate surface area is 126 Å². The third-order valence-electron chi connectivity index (χ3n) is 2.97. The average Bonchev–Trinajstić information content (AvgIpc) is 2.50. The minimum absolute atomic E-state index is 0.317. The predicted octanol–water partition coefficient (Wildman–Crippen LogP) is 1.79. The molecule has 1 atom stereocenters. The Morgan fingerprint density at radius 1 is 1.19 bits per heavy atom. The van der Waals surface area contributed by atoms with E-state index >= 15 is 0 Å². The van der Waals surface area contributed by atoms with Crippen molar-refractivity contribution in [3.8, 4) is 17.2 Å². The number of methoxy groups -OCH3 is 2. The number of guanidine groups is 1. The van der Waals surface area contributed by atoms with E-state index in [9.17, 15) is 0 Å². The zero-order valence-electron chi connectivity index (χ0n) is 13.2. The molecule has 6 heteroatoms. The molecule has 0 radical (unpaired) electrons. The number of rotatable bonds is 8. The van der Waals surface area contributed by atoms with Crippen molar-refractivity contribution in [3.63, 3.8) is 0 Å². The van der Waals surface area contributed by atoms with Crippen LogP contribution < -0.4 is 25.3 Å². The van der Waals surface area contributed by atoms with Gasteiger partial charge in [-0.25, -0.2) is 4.99 Å². The van der Waals surface area contributed by atoms with Gasteiger partial charge in [0.15, 0.2) is 5.96 Å². The van der Waals surface area contributed by atoms with Crippen molar-refractivity contribution in [1.29, 1.82) is 0 Å². The fourth-order valence-electron chi connectivity index (χ4n) is 1.59. The lowest BCUT2D eigenvalue weighted by Gasteiger charge is -2.12. The van der Waals surface area contributed by atoms with Crippen LogP contribution in [0.2, 0.25) is 0 Å². The Kier molecular flexibility index (Phi) is 7.21. The summed E-state index contributed by atoms with van der Waals surface area (Å²) in [7, 11) is 3.20. The number of hydrogen-bond donors (Lipinski definition) is 2. The van der Waals surface area contributed by atoms with E-state index in [4.69, 9.17) is 19.9 Å². The van der Waals surface area contributed by atoms with E-state index in [1.807, 2.05) is 0 Å². The van der Waals surface area contributed by atoms with Crippen molar-refractivity contribution in [2.24, 2.45) is 10.7 Å². The van der Waals surface area contributed by atoms with Crippen LogP contribution in [0.1, 0.15) is 20.3 Å². The first-order chi connectivity index (χ1) is 10.1. The third-order valence-corrected chi connectivity index (χ3v) is 2.97. The summed E-state index contributed by atoms with van der Waals surface area (Å²) in [6, 6.07) is 5.70. The Bertz CT molecular complexity index is 441. The molecule has 0 amide bonds. The van der Waals surface area contributed by atoms with Gasteiger partial charge in [-0.05, 0) is 13.3 Å². The molecular weight excluding hydrogens is 270 g/mol. The first-order valence-corrected chi connectivity index (χ1v) is 7.01. The zero-order chi connectivity index (χ0) is 15.7. The molecule has 1 aromatic rings. The van der Waals surface area contributed by atoms with Crippen molar-refractivity contribution in [2.75, 3.05) is 27.4 Å². The van der Waals surface area contributed by atoms with Crippen molar-refractivity contribution in [3.05, 3.63) is 18.2 Å². The highest BCUT2D eigenvalue weighted by Crippen LogP contribution is 2.27. The molecule has 3 N–H and O–H groups in total. The largest absolute Gasteiger partial charge is 0.496 e. The Hall–Kier alpha value is -2.11. The van der Waals surface area contributed by atoms with Crippen molar-refractivity contribution in [1.82, 2.24) is 5.32 Å². The van der Waals surface area contributed by atoms with E-state index in [0.717, 1.165) is 6.42 Å². The van der Waals surface area contributed by atoms with Gasteiger partial charge in [-0.1, -0.05) is 6.92 Å². The number of nitrogens with zero attached hydrogens (tertiary/aromatic N) is 1. The molecule has 0 aliphatic carbocycles. The lowest BCUT2D eigenvalue weighted by Crippen LogP contribution is -2.38. The molecule has 0 saturated heterocycles. The maximum absolute atomic E-state index is 5.76. The van der Waals surface area contributed by atoms with E-state index in [-0.39, 0.29) is 0 Å². The first-order valence-electron chi connectivity index (χ1n) is 7.01. The molecule has 0 saturated carbocycles. The van der Waals surface area contributed by atoms with Gasteiger partial charge in [-0.3, -0.25) is 0 Å². The van der Waals surface area contributed by atoms with Crippen LogP contribution in [-0.4, -0.2) is 39.4 Å². The number of aliphatic imine (C=N–C) groups is 1. The molecule has 0 bridgehead atoms. The van der Waals surface area contributed by atoms with Crippen molar-refractivity contribution < 1.29 is 14.2 Å². The van der Waals surface area contributed by atoms with Crippen LogP contribution in [0.5, 0.6) is 17.2 Å². The molecule has 1 aromatic carbocycles. The number of benzene rings is 1. The molecule has 1 unspecified atom stereocenters. The predicted molar refractivity (Wildman–Crippen MR) is 84.4 cm³/mol. The number of nitrogens with one attached hydrogen (secondary N) is 1. The van der Waals surface area contributed by atoms with Crippen molar-refractivity contribution >= 4 is 5.96 Å². The van der Waals surface area contributed by atoms with E-state index in [2.05, 4.69) is 24.2 Å². The second kappa shape index (κ2) is 8.94. The van der Waals surface area contributed by atoms with Gasteiger partial charge >= 0.3 is 0 Å². The van der Waals surface area contributed by atoms with Gasteiger partial charge in [0.2, 0.25) is 0 Å². The lowest BCUT2D eigenvalue weighted by atomic mass is 10.3. The molecular formula is C15H25N3O3. The quantitative estimate of drug-likeness (QED) is 0.434. The fraction of sp³-hybridized carbons (Fsp3) is 0.533. The van der Waals surface area contributed by atoms with Gasteiger partial charge < -0.3 is 25.3 Å². The molecule has 0 spiro atoms. The van der Waals surface area contributed by atoms with Crippen LogP contribution in [0.25, 0.3) is 0 Å². The molecule has 21 heavy (non-hydrogen) atoms. The van der Waals surface area contributed by atoms with Crippen LogP contribution in [0.15, 0.2) is 23.2 Å². The van der Waals surface area contributed by atoms with Crippen LogP contribution in [-0.2, 0) is 0 Å². The SMILES string of the molecule is CCC(C)NC(N)=NCCOc1cc(OC)cc(OC)c1. The smallest absolute Gasteiger partial charge is 0.188 e. The highest BCUT2D eigenvalue weighted by Gasteiger charge is 2.03. The Morgan fingerprint density at radius 2 is 1.76 bits per heavy atom. The van der Waals surface area contributed by atoms with Crippen LogP contribution in [0.3, 0.4) is 0 Å². The minimum Gasteiger partial charge on any atom is -0.496 e. The average molecular weight is 295 g/mol. The Balaban J connectivity index is 2.47. The molecule has 0 heterocycles. The molecule has 0 aliphatic rings. The first kappa shape index (κ1) is 16.9. The fourth-order valence-corrected chi connectivity index (χ4v) is 1.59. The summed E-state index contributed by atoms with van der Waals surface area (Å²) in [5.74, 6) is 2.49. The van der Waals surface area contributed by atoms with Crippen LogP contribution in [0, 0.1) is 0 Å². The van der Waals surface area contributed by atoms with Gasteiger partial charge in [-0.15, -0.1) is 0 Å². The summed E-state index contributed by atoms with van der Waals surface area (Å²) in [6.45, 7) is 5.06. The van der Waals surface area contributed by atoms with E-state index < -0.39 is 0 Å². The molecule has 6 nitrogen and oxygen atoms in total. The molecule has 0 fully saturated rings. The maximum atomic E-state index is 5.76. The van der Waals surface area contributed by atoms with Gasteiger partial charge in [0.1, 0.15) is 23.9 Å². The Morgan fingerprint density at radius 3 is 2.29 bits per heavy atom. The molecule has 0 aromatic heterocycles. The lowest BCUT2D eigenvalue weighted by molar-refractivity contribution is 0.321. The number of ether oxygens (including phenoxy) is 3. The third kappa shape index (κ3) is 6.25. The van der Waals surface area contributed by atoms with E-state index in [0.29, 0.717) is 42.4 Å². The monoisotopic (exact) mass is 295 g/mol. The van der Waals surface area contributed by atoms with Crippen LogP contribution in [0.4, 0.5) is 0 Å². The summed E-state index contributed by atoms with van der Waals surface area (Å²) in [4.78, 5) is 4.21. The van der Waals surface area contributed by atoms with Gasteiger partial charge in [0.25, 0.3) is 0 Å². The summed E-state index contributed by atoms with van der Waals surface area (Å²) in [5.41, 5.74) is 5.76. The summed E-state index contributed by atoms with van der Waals surface area (Å²) in [5, 5.41) is 3.10. The second-order valence-corrected chi connectivity index (χ2v) is 4.62. The van der Waals surface area contributed by atoms with Crippen molar-refractivity contribution in [2.45, 2.75) is 26.3 Å². The molecule has 118 valence electrons. The minimum atomic E-state index is 0.317. The highest BCUT2D eigenvalue weighted by molar-refractivity contribution is 5.78. The van der Waals surface area contributed by atoms with Gasteiger partial charge in [0, 0.05) is 24.2 Å². The van der Waals surface area contributed by atoms with Gasteiger partial charge in [-0.2, -0.15) is 0 Å². The maximum Gasteiger partial charge on any atom is 0.188 e. The van der Waals surface area contributed by atoms with E-state index in [1.165, 1.54) is 0 Å². The molecule has 0 aliphatic heterocycles. The topological polar surface area (TPSA) is 78.1 Å². The summed E-state index contributed by atoms with van der Waals surface area (Å²) >= 11 is 0. The van der Waals surface area contributed by atoms with E-state index in [1.54, 1.807) is 32.4 Å². The highest BCUT2D eigenvalue weighted by atomic mass is 16.5. The summed E-state index contributed by atoms with van der Waals surface area (Å²) in [6.07, 6.45) is 0.996. The number of nitrogens with two attached hydrogens (primary N) is 1. The standard InChI is InChI=1S/C15H25N3O3/c1-5-11(2)18-15(16)17-6-7-21-14-9-12(19-3)8-13(10-14)20-4/h8-11H,5-7H2,1-4H3,(H3,16,17,18). The normalized spacial score (nSPS) is 12.7. The van der Waals surface area contributed by atoms with Gasteiger partial charge in [0.05, 0.1) is 20.8 Å². The van der Waals surface area contributed by atoms with Crippen LogP contribution >= 0.6 is 0 Å².